The Balaban J connectivity index is 1.39. The zero-order valence-electron chi connectivity index (χ0n) is 14.5. The third kappa shape index (κ3) is 2.15. The minimum absolute atomic E-state index is 0.0515. The number of amides is 2. The van der Waals surface area contributed by atoms with Gasteiger partial charge in [-0.05, 0) is 61.1 Å². The molecule has 0 unspecified atom stereocenters. The van der Waals surface area contributed by atoms with E-state index in [1.807, 2.05) is 43.3 Å². The Hall–Kier alpha value is -2.88. The lowest BCUT2D eigenvalue weighted by atomic mass is 9.85. The largest absolute Gasteiger partial charge is 0.457 e. The lowest BCUT2D eigenvalue weighted by molar-refractivity contribution is -0.123. The van der Waals surface area contributed by atoms with Crippen LogP contribution in [0, 0.1) is 30.6 Å². The number of benzene rings is 2. The van der Waals surface area contributed by atoms with Gasteiger partial charge in [-0.25, -0.2) is 0 Å². The van der Waals surface area contributed by atoms with Crippen LogP contribution in [0.4, 0.5) is 5.69 Å². The Kier molecular flexibility index (Phi) is 3.29. The second kappa shape index (κ2) is 5.56. The number of rotatable bonds is 3. The van der Waals surface area contributed by atoms with Crippen molar-refractivity contribution in [3.8, 4) is 11.5 Å². The van der Waals surface area contributed by atoms with Crippen molar-refractivity contribution in [2.24, 2.45) is 23.7 Å². The number of para-hydroxylation sites is 1. The maximum atomic E-state index is 12.8. The van der Waals surface area contributed by atoms with Crippen LogP contribution in [0.2, 0.25) is 0 Å². The normalized spacial score (nSPS) is 28.7. The first-order valence-corrected chi connectivity index (χ1v) is 9.03. The van der Waals surface area contributed by atoms with Crippen molar-refractivity contribution >= 4 is 17.5 Å². The van der Waals surface area contributed by atoms with Crippen molar-refractivity contribution < 1.29 is 14.3 Å². The second-order valence-electron chi connectivity index (χ2n) is 7.37. The van der Waals surface area contributed by atoms with Crippen molar-refractivity contribution in [1.29, 1.82) is 0 Å². The van der Waals surface area contributed by atoms with E-state index in [1.165, 1.54) is 4.90 Å². The van der Waals surface area contributed by atoms with Crippen LogP contribution in [0.15, 0.2) is 60.7 Å². The van der Waals surface area contributed by atoms with Crippen LogP contribution in [0.5, 0.6) is 11.5 Å². The zero-order chi connectivity index (χ0) is 17.8. The van der Waals surface area contributed by atoms with Crippen molar-refractivity contribution in [2.45, 2.75) is 13.3 Å². The van der Waals surface area contributed by atoms with Crippen LogP contribution in [-0.2, 0) is 9.59 Å². The number of anilines is 1. The van der Waals surface area contributed by atoms with Gasteiger partial charge >= 0.3 is 0 Å². The lowest BCUT2D eigenvalue weighted by Gasteiger charge is -2.17. The fourth-order valence-corrected chi connectivity index (χ4v) is 4.62. The maximum absolute atomic E-state index is 12.8. The van der Waals surface area contributed by atoms with Gasteiger partial charge in [0.15, 0.2) is 0 Å². The highest BCUT2D eigenvalue weighted by Crippen LogP contribution is 2.53. The average Bonchev–Trinajstić information content (AvgIpc) is 3.32. The molecule has 3 aliphatic rings. The molecule has 2 aromatic rings. The molecule has 1 saturated carbocycles. The Bertz CT molecular complexity index is 901. The van der Waals surface area contributed by atoms with E-state index in [4.69, 9.17) is 4.74 Å². The molecule has 4 atom stereocenters. The van der Waals surface area contributed by atoms with Crippen LogP contribution in [0.25, 0.3) is 0 Å². The Morgan fingerprint density at radius 2 is 1.50 bits per heavy atom. The summed E-state index contributed by atoms with van der Waals surface area (Å²) in [5, 5.41) is 0. The smallest absolute Gasteiger partial charge is 0.238 e. The molecule has 2 amide bonds. The van der Waals surface area contributed by atoms with Crippen molar-refractivity contribution in [1.82, 2.24) is 0 Å². The van der Waals surface area contributed by atoms with E-state index >= 15 is 0 Å². The third-order valence-corrected chi connectivity index (χ3v) is 5.89. The second-order valence-corrected chi connectivity index (χ2v) is 7.37. The first-order valence-electron chi connectivity index (χ1n) is 9.03. The Morgan fingerprint density at radius 3 is 2.12 bits per heavy atom. The number of hydrogen-bond acceptors (Lipinski definition) is 3. The SMILES string of the molecule is Cc1ccccc1Oc1ccc(N2C(=O)[C@@H]3[C@@H](C2=O)[C@H]2C=C[C@H]3C2)cc1. The molecule has 2 bridgehead atoms. The Labute approximate surface area is 152 Å². The predicted octanol–water partition coefficient (Wildman–Crippen LogP) is 4.10. The topological polar surface area (TPSA) is 46.6 Å². The van der Waals surface area contributed by atoms with Crippen LogP contribution >= 0.6 is 0 Å². The summed E-state index contributed by atoms with van der Waals surface area (Å²) in [5.41, 5.74) is 1.68. The number of allylic oxidation sites excluding steroid dienone is 2. The third-order valence-electron chi connectivity index (χ3n) is 5.89. The molecule has 2 aliphatic carbocycles. The first kappa shape index (κ1) is 15.4. The van der Waals surface area contributed by atoms with Gasteiger partial charge in [-0.2, -0.15) is 0 Å². The van der Waals surface area contributed by atoms with E-state index < -0.39 is 0 Å². The fourth-order valence-electron chi connectivity index (χ4n) is 4.62. The molecule has 1 heterocycles. The first-order chi connectivity index (χ1) is 12.6. The molecule has 2 fully saturated rings. The number of aryl methyl sites for hydroxylation is 1. The van der Waals surface area contributed by atoms with Crippen molar-refractivity contribution in [3.63, 3.8) is 0 Å². The summed E-state index contributed by atoms with van der Waals surface area (Å²) in [7, 11) is 0. The van der Waals surface area contributed by atoms with E-state index in [1.54, 1.807) is 12.1 Å². The summed E-state index contributed by atoms with van der Waals surface area (Å²) in [6, 6.07) is 15.0. The number of ether oxygens (including phenoxy) is 1. The van der Waals surface area contributed by atoms with Crippen LogP contribution in [0.3, 0.4) is 0 Å². The molecular formula is C22H19NO3. The minimum atomic E-state index is -0.166. The molecular weight excluding hydrogens is 326 g/mol. The van der Waals surface area contributed by atoms with Gasteiger partial charge in [0.1, 0.15) is 11.5 Å². The number of hydrogen-bond donors (Lipinski definition) is 0. The van der Waals surface area contributed by atoms with Gasteiger partial charge in [0, 0.05) is 0 Å². The van der Waals surface area contributed by atoms with Crippen LogP contribution in [0.1, 0.15) is 12.0 Å². The number of fused-ring (bicyclic) bond motifs is 5. The highest BCUT2D eigenvalue weighted by molar-refractivity contribution is 6.22. The molecule has 1 saturated heterocycles. The van der Waals surface area contributed by atoms with Gasteiger partial charge in [-0.15, -0.1) is 0 Å². The maximum Gasteiger partial charge on any atom is 0.238 e. The predicted molar refractivity (Wildman–Crippen MR) is 97.9 cm³/mol. The minimum Gasteiger partial charge on any atom is -0.457 e. The Morgan fingerprint density at radius 1 is 0.885 bits per heavy atom. The fraction of sp³-hybridized carbons (Fsp3) is 0.273. The zero-order valence-corrected chi connectivity index (χ0v) is 14.5. The number of nitrogens with zero attached hydrogens (tertiary/aromatic N) is 1. The van der Waals surface area contributed by atoms with Crippen LogP contribution in [-0.4, -0.2) is 11.8 Å². The molecule has 0 radical (unpaired) electrons. The summed E-state index contributed by atoms with van der Waals surface area (Å²) in [5.74, 6) is 1.51. The number of carbonyl (C=O) groups is 2. The summed E-state index contributed by atoms with van der Waals surface area (Å²) < 4.78 is 5.90. The van der Waals surface area contributed by atoms with Gasteiger partial charge in [0.25, 0.3) is 0 Å². The molecule has 2 aromatic carbocycles. The van der Waals surface area contributed by atoms with E-state index in [2.05, 4.69) is 12.2 Å². The summed E-state index contributed by atoms with van der Waals surface area (Å²) >= 11 is 0. The summed E-state index contributed by atoms with van der Waals surface area (Å²) in [4.78, 5) is 27.1. The molecule has 1 aliphatic heterocycles. The molecule has 4 nitrogen and oxygen atoms in total. The molecule has 130 valence electrons. The average molecular weight is 345 g/mol. The monoisotopic (exact) mass is 345 g/mol. The molecule has 5 rings (SSSR count). The molecule has 4 heteroatoms. The standard InChI is InChI=1S/C22H19NO3/c1-13-4-2-3-5-18(13)26-17-10-8-16(9-11-17)23-21(24)19-14-6-7-15(12-14)20(19)22(23)25/h2-11,14-15,19-20H,12H2,1H3/t14-,15-,19-,20-/m0/s1. The van der Waals surface area contributed by atoms with Gasteiger partial charge in [-0.1, -0.05) is 30.4 Å². The van der Waals surface area contributed by atoms with E-state index in [0.29, 0.717) is 11.4 Å². The quantitative estimate of drug-likeness (QED) is 0.621. The van der Waals surface area contributed by atoms with Gasteiger partial charge in [0.05, 0.1) is 17.5 Å². The summed E-state index contributed by atoms with van der Waals surface area (Å²) in [6.45, 7) is 1.99. The highest BCUT2D eigenvalue weighted by atomic mass is 16.5. The van der Waals surface area contributed by atoms with E-state index in [0.717, 1.165) is 17.7 Å². The van der Waals surface area contributed by atoms with Gasteiger partial charge in [0.2, 0.25) is 11.8 Å². The van der Waals surface area contributed by atoms with Gasteiger partial charge < -0.3 is 4.74 Å². The number of imide groups is 1. The van der Waals surface area contributed by atoms with Crippen LogP contribution < -0.4 is 9.64 Å². The molecule has 26 heavy (non-hydrogen) atoms. The highest BCUT2D eigenvalue weighted by Gasteiger charge is 2.59. The molecule has 0 spiro atoms. The van der Waals surface area contributed by atoms with Gasteiger partial charge in [-0.3, -0.25) is 14.5 Å². The van der Waals surface area contributed by atoms with E-state index in [-0.39, 0.29) is 35.5 Å². The van der Waals surface area contributed by atoms with Crippen molar-refractivity contribution in [3.05, 3.63) is 66.2 Å². The molecule has 0 N–H and O–H groups in total. The van der Waals surface area contributed by atoms with E-state index in [9.17, 15) is 9.59 Å². The molecule has 0 aromatic heterocycles. The van der Waals surface area contributed by atoms with Crippen molar-refractivity contribution in [2.75, 3.05) is 4.90 Å². The summed E-state index contributed by atoms with van der Waals surface area (Å²) in [6.07, 6.45) is 5.17. The lowest BCUT2D eigenvalue weighted by Crippen LogP contribution is -2.32. The number of carbonyl (C=O) groups excluding carboxylic acids is 2.